The van der Waals surface area contributed by atoms with Crippen molar-refractivity contribution in [1.29, 1.82) is 0 Å². The van der Waals surface area contributed by atoms with Gasteiger partial charge in [-0.1, -0.05) is 12.8 Å². The van der Waals surface area contributed by atoms with Crippen LogP contribution in [0.3, 0.4) is 0 Å². The van der Waals surface area contributed by atoms with Crippen LogP contribution in [-0.2, 0) is 6.54 Å². The highest BCUT2D eigenvalue weighted by Gasteiger charge is 2.28. The van der Waals surface area contributed by atoms with E-state index in [4.69, 9.17) is 9.47 Å². The van der Waals surface area contributed by atoms with Crippen LogP contribution >= 0.6 is 0 Å². The lowest BCUT2D eigenvalue weighted by Gasteiger charge is -2.36. The Morgan fingerprint density at radius 3 is 2.71 bits per heavy atom. The highest BCUT2D eigenvalue weighted by molar-refractivity contribution is 5.97. The van der Waals surface area contributed by atoms with Gasteiger partial charge in [0, 0.05) is 44.6 Å². The Kier molecular flexibility index (Phi) is 7.46. The molecule has 0 radical (unpaired) electrons. The van der Waals surface area contributed by atoms with Crippen molar-refractivity contribution in [1.82, 2.24) is 19.8 Å². The summed E-state index contributed by atoms with van der Waals surface area (Å²) in [5.41, 5.74) is 0.542. The minimum absolute atomic E-state index is 0.122. The topological polar surface area (TPSA) is 68.6 Å². The van der Waals surface area contributed by atoms with E-state index in [1.54, 1.807) is 25.7 Å². The second-order valence-corrected chi connectivity index (χ2v) is 8.56. The van der Waals surface area contributed by atoms with Gasteiger partial charge in [0.05, 0.1) is 19.0 Å². The van der Waals surface area contributed by atoms with E-state index in [0.717, 1.165) is 44.9 Å². The van der Waals surface area contributed by atoms with Crippen LogP contribution in [0.1, 0.15) is 55.3 Å². The zero-order valence-corrected chi connectivity index (χ0v) is 18.5. The molecule has 0 bridgehead atoms. The van der Waals surface area contributed by atoms with Crippen molar-refractivity contribution in [2.24, 2.45) is 0 Å². The van der Waals surface area contributed by atoms with Gasteiger partial charge >= 0.3 is 0 Å². The lowest BCUT2D eigenvalue weighted by molar-refractivity contribution is 0.0749. The Morgan fingerprint density at radius 1 is 1.19 bits per heavy atom. The number of rotatable bonds is 9. The van der Waals surface area contributed by atoms with Gasteiger partial charge in [-0.15, -0.1) is 0 Å². The molecule has 1 amide bonds. The van der Waals surface area contributed by atoms with E-state index in [1.807, 2.05) is 22.9 Å². The molecule has 1 aromatic carbocycles. The Morgan fingerprint density at radius 2 is 2.00 bits per heavy atom. The molecule has 1 aliphatic heterocycles. The second-order valence-electron chi connectivity index (χ2n) is 8.56. The Balaban J connectivity index is 1.32. The SMILES string of the molecule is COc1ccc(OC2CCN(C3CCCC3)CC2)c(C(=O)NCCCn2ccnc2)c1. The summed E-state index contributed by atoms with van der Waals surface area (Å²) in [5.74, 6) is 1.18. The summed E-state index contributed by atoms with van der Waals surface area (Å²) in [6.07, 6.45) is 13.9. The average Bonchev–Trinajstić information content (AvgIpc) is 3.52. The zero-order chi connectivity index (χ0) is 21.5. The number of carbonyl (C=O) groups is 1. The number of benzene rings is 1. The molecule has 0 spiro atoms. The van der Waals surface area contributed by atoms with E-state index in [-0.39, 0.29) is 12.0 Å². The zero-order valence-electron chi connectivity index (χ0n) is 18.5. The van der Waals surface area contributed by atoms with Crippen molar-refractivity contribution in [3.05, 3.63) is 42.5 Å². The third-order valence-electron chi connectivity index (χ3n) is 6.48. The molecule has 31 heavy (non-hydrogen) atoms. The monoisotopic (exact) mass is 426 g/mol. The number of aryl methyl sites for hydroxylation is 1. The van der Waals surface area contributed by atoms with Crippen molar-refractivity contribution >= 4 is 5.91 Å². The van der Waals surface area contributed by atoms with E-state index in [9.17, 15) is 4.79 Å². The first-order chi connectivity index (χ1) is 15.2. The molecule has 2 aliphatic rings. The Bertz CT molecular complexity index is 825. The number of imidazole rings is 1. The molecular formula is C24H34N4O3. The summed E-state index contributed by atoms with van der Waals surface area (Å²) in [6, 6.07) is 6.26. The van der Waals surface area contributed by atoms with Gasteiger partial charge in [0.1, 0.15) is 17.6 Å². The van der Waals surface area contributed by atoms with Gasteiger partial charge in [0.2, 0.25) is 0 Å². The maximum atomic E-state index is 12.9. The summed E-state index contributed by atoms with van der Waals surface area (Å²) in [4.78, 5) is 19.6. The fourth-order valence-electron chi connectivity index (χ4n) is 4.70. The van der Waals surface area contributed by atoms with Crippen LogP contribution in [0.15, 0.2) is 36.9 Å². The molecular weight excluding hydrogens is 392 g/mol. The first-order valence-corrected chi connectivity index (χ1v) is 11.6. The number of ether oxygens (including phenoxy) is 2. The summed E-state index contributed by atoms with van der Waals surface area (Å²) in [6.45, 7) is 3.58. The predicted octanol–water partition coefficient (Wildman–Crippen LogP) is 3.50. The first kappa shape index (κ1) is 21.7. The fourth-order valence-corrected chi connectivity index (χ4v) is 4.70. The molecule has 1 aromatic heterocycles. The largest absolute Gasteiger partial charge is 0.497 e. The molecule has 2 fully saturated rings. The van der Waals surface area contributed by atoms with Crippen molar-refractivity contribution in [2.45, 2.75) is 63.6 Å². The van der Waals surface area contributed by atoms with Crippen molar-refractivity contribution in [3.63, 3.8) is 0 Å². The molecule has 1 saturated carbocycles. The van der Waals surface area contributed by atoms with Gasteiger partial charge in [-0.05, 0) is 50.3 Å². The molecule has 7 nitrogen and oxygen atoms in total. The van der Waals surface area contributed by atoms with Crippen LogP contribution in [0.5, 0.6) is 11.5 Å². The number of nitrogens with zero attached hydrogens (tertiary/aromatic N) is 3. The molecule has 0 unspecified atom stereocenters. The fraction of sp³-hybridized carbons (Fsp3) is 0.583. The quantitative estimate of drug-likeness (QED) is 0.622. The lowest BCUT2D eigenvalue weighted by Crippen LogP contribution is -2.43. The smallest absolute Gasteiger partial charge is 0.255 e. The van der Waals surface area contributed by atoms with Gasteiger partial charge in [-0.3, -0.25) is 4.79 Å². The van der Waals surface area contributed by atoms with E-state index in [0.29, 0.717) is 23.6 Å². The van der Waals surface area contributed by atoms with Crippen LogP contribution in [0.4, 0.5) is 0 Å². The van der Waals surface area contributed by atoms with E-state index in [1.165, 1.54) is 25.7 Å². The van der Waals surface area contributed by atoms with E-state index >= 15 is 0 Å². The van der Waals surface area contributed by atoms with Crippen molar-refractivity contribution < 1.29 is 14.3 Å². The summed E-state index contributed by atoms with van der Waals surface area (Å²) in [5, 5.41) is 3.02. The van der Waals surface area contributed by atoms with Crippen LogP contribution in [0.25, 0.3) is 0 Å². The van der Waals surface area contributed by atoms with Crippen LogP contribution in [0.2, 0.25) is 0 Å². The standard InChI is InChI=1S/C24H34N4O3/c1-30-21-7-8-23(31-20-9-14-28(15-10-20)19-5-2-3-6-19)22(17-21)24(29)26-11-4-13-27-16-12-25-18-27/h7-8,12,16-20H,2-6,9-11,13-15H2,1H3,(H,26,29). The number of amides is 1. The molecule has 1 N–H and O–H groups in total. The van der Waals surface area contributed by atoms with E-state index in [2.05, 4.69) is 15.2 Å². The summed E-state index contributed by atoms with van der Waals surface area (Å²) < 4.78 is 13.7. The number of piperidine rings is 1. The number of aromatic nitrogens is 2. The third-order valence-corrected chi connectivity index (χ3v) is 6.48. The average molecular weight is 427 g/mol. The highest BCUT2D eigenvalue weighted by atomic mass is 16.5. The summed E-state index contributed by atoms with van der Waals surface area (Å²) in [7, 11) is 1.61. The lowest BCUT2D eigenvalue weighted by atomic mass is 10.0. The molecule has 4 rings (SSSR count). The van der Waals surface area contributed by atoms with Crippen LogP contribution < -0.4 is 14.8 Å². The molecule has 2 heterocycles. The molecule has 168 valence electrons. The van der Waals surface area contributed by atoms with Gasteiger partial charge in [-0.25, -0.2) is 4.98 Å². The maximum absolute atomic E-state index is 12.9. The van der Waals surface area contributed by atoms with Crippen molar-refractivity contribution in [2.75, 3.05) is 26.7 Å². The number of carbonyl (C=O) groups excluding carboxylic acids is 1. The molecule has 2 aromatic rings. The van der Waals surface area contributed by atoms with Gasteiger partial charge in [0.15, 0.2) is 0 Å². The van der Waals surface area contributed by atoms with Crippen LogP contribution in [-0.4, -0.2) is 59.2 Å². The minimum atomic E-state index is -0.122. The molecule has 1 saturated heterocycles. The first-order valence-electron chi connectivity index (χ1n) is 11.6. The van der Waals surface area contributed by atoms with Crippen LogP contribution in [0, 0.1) is 0 Å². The number of likely N-dealkylation sites (tertiary alicyclic amines) is 1. The molecule has 7 heteroatoms. The number of nitrogens with one attached hydrogen (secondary N) is 1. The van der Waals surface area contributed by atoms with Crippen molar-refractivity contribution in [3.8, 4) is 11.5 Å². The normalized spacial score (nSPS) is 18.2. The number of methoxy groups -OCH3 is 1. The highest BCUT2D eigenvalue weighted by Crippen LogP contribution is 2.30. The predicted molar refractivity (Wildman–Crippen MR) is 120 cm³/mol. The second kappa shape index (κ2) is 10.7. The Labute approximate surface area is 184 Å². The minimum Gasteiger partial charge on any atom is -0.497 e. The summed E-state index contributed by atoms with van der Waals surface area (Å²) >= 11 is 0. The Hall–Kier alpha value is -2.54. The van der Waals surface area contributed by atoms with E-state index < -0.39 is 0 Å². The van der Waals surface area contributed by atoms with Gasteiger partial charge in [0.25, 0.3) is 5.91 Å². The maximum Gasteiger partial charge on any atom is 0.255 e. The third kappa shape index (κ3) is 5.79. The molecule has 0 atom stereocenters. The van der Waals surface area contributed by atoms with Gasteiger partial charge in [-0.2, -0.15) is 0 Å². The van der Waals surface area contributed by atoms with Gasteiger partial charge < -0.3 is 24.3 Å². The molecule has 1 aliphatic carbocycles. The number of hydrogen-bond acceptors (Lipinski definition) is 5. The number of hydrogen-bond donors (Lipinski definition) is 1.